The van der Waals surface area contributed by atoms with E-state index in [2.05, 4.69) is 15.1 Å². The lowest BCUT2D eigenvalue weighted by molar-refractivity contribution is 0.0783. The number of hydrogen-bond donors (Lipinski definition) is 1. The summed E-state index contributed by atoms with van der Waals surface area (Å²) in [5, 5.41) is 15.1. The molecule has 1 aromatic carbocycles. The first kappa shape index (κ1) is 26.1. The zero-order valence-electron chi connectivity index (χ0n) is 21.2. The predicted octanol–water partition coefficient (Wildman–Crippen LogP) is 3.79. The molecule has 1 fully saturated rings. The van der Waals surface area contributed by atoms with E-state index < -0.39 is 46.4 Å². The van der Waals surface area contributed by atoms with Crippen molar-refractivity contribution in [3.63, 3.8) is 0 Å². The molecule has 1 aliphatic heterocycles. The van der Waals surface area contributed by atoms with Gasteiger partial charge in [0.05, 0.1) is 11.7 Å². The minimum absolute atomic E-state index is 0.0685. The summed E-state index contributed by atoms with van der Waals surface area (Å²) in [6.07, 6.45) is 3.68. The number of rotatable bonds is 6. The second kappa shape index (κ2) is 10.4. The van der Waals surface area contributed by atoms with Crippen molar-refractivity contribution in [3.8, 4) is 17.4 Å². The topological polar surface area (TPSA) is 106 Å². The SMILES string of the molecule is CC[C@@H](c1cc(F)cc(F)c1)n1c(-c2ccn(C)n2)nc(O)c(C(=O)N2CCC(c3ncccc3F)C2)c1=O. The van der Waals surface area contributed by atoms with Gasteiger partial charge >= 0.3 is 0 Å². The Labute approximate surface area is 221 Å². The Hall–Kier alpha value is -4.48. The monoisotopic (exact) mass is 538 g/mol. The molecule has 4 heterocycles. The van der Waals surface area contributed by atoms with E-state index in [4.69, 9.17) is 0 Å². The fourth-order valence-electron chi connectivity index (χ4n) is 5.07. The number of amides is 1. The van der Waals surface area contributed by atoms with Crippen molar-refractivity contribution in [2.75, 3.05) is 13.1 Å². The van der Waals surface area contributed by atoms with E-state index in [1.807, 2.05) is 0 Å². The van der Waals surface area contributed by atoms with E-state index >= 15 is 0 Å². The second-order valence-corrected chi connectivity index (χ2v) is 9.42. The van der Waals surface area contributed by atoms with E-state index in [0.717, 1.165) is 22.8 Å². The lowest BCUT2D eigenvalue weighted by Crippen LogP contribution is -2.38. The van der Waals surface area contributed by atoms with Crippen LogP contribution in [0, 0.1) is 17.5 Å². The molecule has 1 unspecified atom stereocenters. The third kappa shape index (κ3) is 4.89. The predicted molar refractivity (Wildman–Crippen MR) is 135 cm³/mol. The summed E-state index contributed by atoms with van der Waals surface area (Å²) in [4.78, 5) is 37.1. The summed E-state index contributed by atoms with van der Waals surface area (Å²) in [6, 6.07) is 6.31. The van der Waals surface area contributed by atoms with Crippen molar-refractivity contribution in [1.29, 1.82) is 0 Å². The van der Waals surface area contributed by atoms with Gasteiger partial charge in [-0.2, -0.15) is 10.1 Å². The van der Waals surface area contributed by atoms with Gasteiger partial charge in [-0.15, -0.1) is 0 Å². The lowest BCUT2D eigenvalue weighted by atomic mass is 10.0. The molecular weight excluding hydrogens is 513 g/mol. The lowest BCUT2D eigenvalue weighted by Gasteiger charge is -2.24. The summed E-state index contributed by atoms with van der Waals surface area (Å²) < 4.78 is 45.2. The molecule has 2 atom stereocenters. The summed E-state index contributed by atoms with van der Waals surface area (Å²) in [5.74, 6) is -4.19. The fourth-order valence-corrected chi connectivity index (χ4v) is 5.07. The average Bonchev–Trinajstić information content (AvgIpc) is 3.55. The number of hydrogen-bond acceptors (Lipinski definition) is 6. The highest BCUT2D eigenvalue weighted by atomic mass is 19.1. The number of pyridine rings is 1. The Balaban J connectivity index is 1.61. The molecule has 39 heavy (non-hydrogen) atoms. The van der Waals surface area contributed by atoms with Crippen LogP contribution in [0.3, 0.4) is 0 Å². The number of halogens is 3. The summed E-state index contributed by atoms with van der Waals surface area (Å²) in [5.41, 5.74) is -0.903. The van der Waals surface area contributed by atoms with Crippen molar-refractivity contribution < 1.29 is 23.1 Å². The van der Waals surface area contributed by atoms with Gasteiger partial charge < -0.3 is 10.0 Å². The van der Waals surface area contributed by atoms with Gasteiger partial charge in [-0.1, -0.05) is 6.92 Å². The minimum atomic E-state index is -0.937. The van der Waals surface area contributed by atoms with E-state index in [0.29, 0.717) is 6.42 Å². The van der Waals surface area contributed by atoms with Crippen LogP contribution in [0.15, 0.2) is 53.6 Å². The Morgan fingerprint density at radius 3 is 2.56 bits per heavy atom. The number of likely N-dealkylation sites (tertiary alicyclic amines) is 1. The number of nitrogens with zero attached hydrogens (tertiary/aromatic N) is 6. The van der Waals surface area contributed by atoms with Crippen LogP contribution in [0.25, 0.3) is 11.5 Å². The van der Waals surface area contributed by atoms with Crippen molar-refractivity contribution in [2.45, 2.75) is 31.7 Å². The Morgan fingerprint density at radius 1 is 1.18 bits per heavy atom. The smallest absolute Gasteiger partial charge is 0.271 e. The van der Waals surface area contributed by atoms with Crippen LogP contribution in [0.5, 0.6) is 5.88 Å². The zero-order valence-corrected chi connectivity index (χ0v) is 21.2. The maximum absolute atomic E-state index is 14.3. The first-order chi connectivity index (χ1) is 18.7. The van der Waals surface area contributed by atoms with Crippen LogP contribution >= 0.6 is 0 Å². The molecule has 12 heteroatoms. The van der Waals surface area contributed by atoms with Gasteiger partial charge in [-0.05, 0) is 48.7 Å². The highest BCUT2D eigenvalue weighted by Crippen LogP contribution is 2.31. The second-order valence-electron chi connectivity index (χ2n) is 9.42. The number of carbonyl (C=O) groups is 1. The largest absolute Gasteiger partial charge is 0.493 e. The molecule has 0 aliphatic carbocycles. The van der Waals surface area contributed by atoms with Gasteiger partial charge in [0.25, 0.3) is 11.5 Å². The molecule has 1 amide bonds. The first-order valence-electron chi connectivity index (χ1n) is 12.4. The third-order valence-corrected chi connectivity index (χ3v) is 6.87. The highest BCUT2D eigenvalue weighted by molar-refractivity contribution is 5.96. The van der Waals surface area contributed by atoms with E-state index in [-0.39, 0.29) is 48.2 Å². The number of benzene rings is 1. The Morgan fingerprint density at radius 2 is 1.92 bits per heavy atom. The van der Waals surface area contributed by atoms with Gasteiger partial charge in [0, 0.05) is 44.5 Å². The quantitative estimate of drug-likeness (QED) is 0.401. The summed E-state index contributed by atoms with van der Waals surface area (Å²) >= 11 is 0. The normalized spacial score (nSPS) is 16.0. The molecule has 1 saturated heterocycles. The number of aromatic nitrogens is 5. The Bertz CT molecular complexity index is 1600. The maximum atomic E-state index is 14.3. The molecule has 9 nitrogen and oxygen atoms in total. The molecule has 0 saturated carbocycles. The summed E-state index contributed by atoms with van der Waals surface area (Å²) in [6.45, 7) is 2.00. The van der Waals surface area contributed by atoms with Crippen LogP contribution < -0.4 is 5.56 Å². The van der Waals surface area contributed by atoms with Crippen LogP contribution in [0.1, 0.15) is 53.3 Å². The zero-order chi connectivity index (χ0) is 27.8. The highest BCUT2D eigenvalue weighted by Gasteiger charge is 2.35. The first-order valence-corrected chi connectivity index (χ1v) is 12.4. The van der Waals surface area contributed by atoms with Crippen LogP contribution in [-0.2, 0) is 7.05 Å². The van der Waals surface area contributed by atoms with E-state index in [1.165, 1.54) is 27.9 Å². The fraction of sp³-hybridized carbons (Fsp3) is 0.296. The average molecular weight is 539 g/mol. The summed E-state index contributed by atoms with van der Waals surface area (Å²) in [7, 11) is 1.65. The molecule has 0 bridgehead atoms. The molecule has 3 aromatic heterocycles. The van der Waals surface area contributed by atoms with E-state index in [1.54, 1.807) is 26.2 Å². The molecule has 0 radical (unpaired) electrons. The number of aromatic hydroxyl groups is 1. The Kier molecular flexibility index (Phi) is 6.94. The maximum Gasteiger partial charge on any atom is 0.271 e. The molecule has 1 aliphatic rings. The van der Waals surface area contributed by atoms with Crippen molar-refractivity contribution in [3.05, 3.63) is 93.4 Å². The van der Waals surface area contributed by atoms with Gasteiger partial charge in [0.2, 0.25) is 5.88 Å². The molecule has 5 rings (SSSR count). The number of carbonyl (C=O) groups excluding carboxylic acids is 1. The van der Waals surface area contributed by atoms with Crippen molar-refractivity contribution in [2.24, 2.45) is 7.05 Å². The van der Waals surface area contributed by atoms with Crippen molar-refractivity contribution in [1.82, 2.24) is 29.2 Å². The molecule has 202 valence electrons. The van der Waals surface area contributed by atoms with Gasteiger partial charge in [0.1, 0.15) is 23.1 Å². The van der Waals surface area contributed by atoms with E-state index in [9.17, 15) is 27.9 Å². The molecule has 4 aromatic rings. The van der Waals surface area contributed by atoms with Crippen LogP contribution in [-0.4, -0.2) is 53.3 Å². The van der Waals surface area contributed by atoms with Gasteiger partial charge in [0.15, 0.2) is 11.4 Å². The molecule has 0 spiro atoms. The minimum Gasteiger partial charge on any atom is -0.493 e. The number of aryl methyl sites for hydroxylation is 1. The van der Waals surface area contributed by atoms with Crippen LogP contribution in [0.2, 0.25) is 0 Å². The molecule has 1 N–H and O–H groups in total. The van der Waals surface area contributed by atoms with Gasteiger partial charge in [-0.25, -0.2) is 13.2 Å². The standard InChI is InChI=1S/C27H25F3N6O3/c1-3-21(16-11-17(28)13-18(29)12-16)36-24(20-7-9-34(2)33-20)32-25(37)22(27(36)39)26(38)35-10-6-15(14-35)23-19(30)5-4-8-31-23/h4-5,7-9,11-13,15,21,37H,3,6,10,14H2,1-2H3/t15?,21-/m0/s1. The van der Waals surface area contributed by atoms with Crippen molar-refractivity contribution >= 4 is 5.91 Å². The molecular formula is C27H25F3N6O3. The third-order valence-electron chi connectivity index (χ3n) is 6.87. The van der Waals surface area contributed by atoms with Gasteiger partial charge in [-0.3, -0.25) is 23.8 Å². The van der Waals surface area contributed by atoms with Crippen LogP contribution in [0.4, 0.5) is 13.2 Å².